The van der Waals surface area contributed by atoms with Gasteiger partial charge in [0.2, 0.25) is 0 Å². The van der Waals surface area contributed by atoms with Gasteiger partial charge >= 0.3 is 0 Å². The van der Waals surface area contributed by atoms with Gasteiger partial charge in [-0.1, -0.05) is 103 Å². The summed E-state index contributed by atoms with van der Waals surface area (Å²) >= 11 is 0. The predicted molar refractivity (Wildman–Crippen MR) is 147 cm³/mol. The summed E-state index contributed by atoms with van der Waals surface area (Å²) in [6, 6.07) is 0. The molecule has 3 aliphatic rings. The van der Waals surface area contributed by atoms with Crippen LogP contribution in [0.5, 0.6) is 0 Å². The standard InChI is InChI=1S/2C11H22.C10H20/c1-9-6-10(2,3)8-11(4,5)7-9;1-9-10(2,3)7-6-8-11(9,4)5;1-9(2)5-7-10(3,4)8-6-9/h2*9H,6-8H2,1-5H3;5-8H2,1-4H3/i2*9D;. The average Bonchev–Trinajstić information content (AvgIpc) is 2.53. The van der Waals surface area contributed by atoms with Gasteiger partial charge in [0.25, 0.3) is 0 Å². The molecule has 0 aromatic heterocycles. The van der Waals surface area contributed by atoms with Gasteiger partial charge in [-0.3, -0.25) is 0 Å². The Morgan fingerprint density at radius 2 is 0.812 bits per heavy atom. The summed E-state index contributed by atoms with van der Waals surface area (Å²) < 4.78 is 16.6. The molecule has 32 heavy (non-hydrogen) atoms. The van der Waals surface area contributed by atoms with Gasteiger partial charge in [0.1, 0.15) is 0 Å². The minimum atomic E-state index is -0.280. The van der Waals surface area contributed by atoms with E-state index >= 15 is 0 Å². The highest BCUT2D eigenvalue weighted by atomic mass is 14.5. The summed E-state index contributed by atoms with van der Waals surface area (Å²) in [6.45, 7) is 31.9. The molecule has 0 aromatic rings. The summed E-state index contributed by atoms with van der Waals surface area (Å²) in [6.07, 6.45) is 12.7. The highest BCUT2D eigenvalue weighted by molar-refractivity contribution is 4.90. The minimum Gasteiger partial charge on any atom is -0.0625 e. The lowest BCUT2D eigenvalue weighted by atomic mass is 9.58. The Kier molecular flexibility index (Phi) is 8.58. The lowest BCUT2D eigenvalue weighted by Gasteiger charge is -2.47. The van der Waals surface area contributed by atoms with Gasteiger partial charge < -0.3 is 0 Å². The Morgan fingerprint density at radius 3 is 1.06 bits per heavy atom. The van der Waals surface area contributed by atoms with Crippen molar-refractivity contribution < 1.29 is 2.74 Å². The highest BCUT2D eigenvalue weighted by Crippen LogP contribution is 2.50. The summed E-state index contributed by atoms with van der Waals surface area (Å²) in [5.74, 6) is -0.483. The zero-order valence-electron chi connectivity index (χ0n) is 27.1. The Bertz CT molecular complexity index is 567. The van der Waals surface area contributed by atoms with Crippen LogP contribution in [0.15, 0.2) is 0 Å². The molecule has 0 aromatic carbocycles. The monoisotopic (exact) mass is 451 g/mol. The van der Waals surface area contributed by atoms with Crippen molar-refractivity contribution in [3.63, 3.8) is 0 Å². The predicted octanol–water partition coefficient (Wildman–Crippen LogP) is 11.3. The summed E-state index contributed by atoms with van der Waals surface area (Å²) in [4.78, 5) is 0. The zero-order chi connectivity index (χ0) is 27.1. The Balaban J connectivity index is 0.000000256. The van der Waals surface area contributed by atoms with E-state index in [0.717, 1.165) is 12.8 Å². The van der Waals surface area contributed by atoms with E-state index in [4.69, 9.17) is 2.74 Å². The van der Waals surface area contributed by atoms with Crippen LogP contribution in [0.4, 0.5) is 0 Å². The summed E-state index contributed by atoms with van der Waals surface area (Å²) in [5.41, 5.74) is 2.34. The fourth-order valence-electron chi connectivity index (χ4n) is 6.98. The Morgan fingerprint density at radius 1 is 0.500 bits per heavy atom. The maximum Gasteiger partial charge on any atom is 0.0311 e. The molecule has 3 fully saturated rings. The molecule has 0 nitrogen and oxygen atoms in total. The third-order valence-corrected chi connectivity index (χ3v) is 9.11. The maximum absolute atomic E-state index is 8.43. The molecular formula is C32H64. The van der Waals surface area contributed by atoms with E-state index in [1.165, 1.54) is 51.4 Å². The molecule has 0 amide bonds. The van der Waals surface area contributed by atoms with Crippen molar-refractivity contribution in [3.8, 4) is 0 Å². The van der Waals surface area contributed by atoms with Crippen molar-refractivity contribution >= 4 is 0 Å². The molecule has 0 atom stereocenters. The first-order valence-electron chi connectivity index (χ1n) is 14.7. The van der Waals surface area contributed by atoms with Crippen molar-refractivity contribution in [1.29, 1.82) is 0 Å². The highest BCUT2D eigenvalue weighted by Gasteiger charge is 2.40. The molecule has 0 spiro atoms. The van der Waals surface area contributed by atoms with E-state index in [1.54, 1.807) is 0 Å². The molecule has 0 unspecified atom stereocenters. The van der Waals surface area contributed by atoms with Crippen LogP contribution in [0.2, 0.25) is 0 Å². The first-order chi connectivity index (χ1) is 14.7. The smallest absolute Gasteiger partial charge is 0.0311 e. The van der Waals surface area contributed by atoms with E-state index in [0.29, 0.717) is 21.7 Å². The molecule has 0 heteroatoms. The molecule has 3 saturated carbocycles. The van der Waals surface area contributed by atoms with Crippen molar-refractivity contribution in [1.82, 2.24) is 0 Å². The molecule has 0 saturated heterocycles. The fourth-order valence-corrected chi connectivity index (χ4v) is 6.98. The van der Waals surface area contributed by atoms with Gasteiger partial charge in [-0.05, 0) is 102 Å². The number of hydrogen-bond donors (Lipinski definition) is 0. The first-order valence-corrected chi connectivity index (χ1v) is 13.7. The van der Waals surface area contributed by atoms with E-state index in [-0.39, 0.29) is 22.6 Å². The van der Waals surface area contributed by atoms with E-state index in [1.807, 2.05) is 0 Å². The second kappa shape index (κ2) is 10.3. The van der Waals surface area contributed by atoms with Gasteiger partial charge in [-0.25, -0.2) is 0 Å². The molecule has 0 aliphatic heterocycles. The van der Waals surface area contributed by atoms with E-state index in [2.05, 4.69) is 96.9 Å². The average molecular weight is 451 g/mol. The second-order valence-electron chi connectivity index (χ2n) is 16.4. The number of hydrogen-bond acceptors (Lipinski definition) is 0. The van der Waals surface area contributed by atoms with Crippen molar-refractivity contribution in [2.45, 2.75) is 161 Å². The molecule has 3 aliphatic carbocycles. The minimum absolute atomic E-state index is 0.175. The van der Waals surface area contributed by atoms with Crippen molar-refractivity contribution in [2.75, 3.05) is 0 Å². The molecule has 0 radical (unpaired) electrons. The van der Waals surface area contributed by atoms with Gasteiger partial charge in [-0.2, -0.15) is 0 Å². The first kappa shape index (κ1) is 26.6. The van der Waals surface area contributed by atoms with Crippen LogP contribution in [-0.4, -0.2) is 0 Å². The van der Waals surface area contributed by atoms with Crippen LogP contribution >= 0.6 is 0 Å². The lowest BCUT2D eigenvalue weighted by Crippen LogP contribution is -2.38. The van der Waals surface area contributed by atoms with Crippen LogP contribution in [0.25, 0.3) is 0 Å². The van der Waals surface area contributed by atoms with Gasteiger partial charge in [0.15, 0.2) is 0 Å². The molecule has 0 bridgehead atoms. The van der Waals surface area contributed by atoms with Crippen LogP contribution in [0.3, 0.4) is 0 Å². The van der Waals surface area contributed by atoms with Crippen molar-refractivity contribution in [2.24, 2.45) is 44.3 Å². The van der Waals surface area contributed by atoms with E-state index < -0.39 is 0 Å². The summed E-state index contributed by atoms with van der Waals surface area (Å²) in [5, 5.41) is 0. The largest absolute Gasteiger partial charge is 0.0625 e. The van der Waals surface area contributed by atoms with Crippen LogP contribution < -0.4 is 0 Å². The zero-order valence-corrected chi connectivity index (χ0v) is 25.1. The molecule has 192 valence electrons. The molecule has 3 rings (SSSR count). The Hall–Kier alpha value is 0. The van der Waals surface area contributed by atoms with Gasteiger partial charge in [0.05, 0.1) is 0 Å². The van der Waals surface area contributed by atoms with Crippen LogP contribution in [-0.2, 0) is 0 Å². The maximum atomic E-state index is 8.43. The molecule has 0 N–H and O–H groups in total. The quantitative estimate of drug-likeness (QED) is 0.344. The third kappa shape index (κ3) is 10.1. The SMILES string of the molecule is CC1(C)CCC(C)(C)CC1.[2H]C1(C)C(C)(C)CCCC1(C)C.[2H]C1(C)CC(C)(C)CC(C)(C)C1. The van der Waals surface area contributed by atoms with Gasteiger partial charge in [-0.15, -0.1) is 0 Å². The molecule has 0 heterocycles. The lowest BCUT2D eigenvalue weighted by molar-refractivity contribution is 0.0286. The van der Waals surface area contributed by atoms with Crippen LogP contribution in [0, 0.1) is 44.3 Å². The Labute approximate surface area is 208 Å². The fraction of sp³-hybridized carbons (Fsp3) is 1.00. The number of rotatable bonds is 0. The third-order valence-electron chi connectivity index (χ3n) is 9.11. The van der Waals surface area contributed by atoms with Crippen LogP contribution in [0.1, 0.15) is 164 Å². The van der Waals surface area contributed by atoms with Gasteiger partial charge in [0, 0.05) is 2.74 Å². The molecular weight excluding hydrogens is 384 g/mol. The van der Waals surface area contributed by atoms with E-state index in [9.17, 15) is 0 Å². The normalized spacial score (nSPS) is 33.1. The topological polar surface area (TPSA) is 0 Å². The summed E-state index contributed by atoms with van der Waals surface area (Å²) in [7, 11) is 0. The second-order valence-corrected chi connectivity index (χ2v) is 16.4. The van der Waals surface area contributed by atoms with Crippen molar-refractivity contribution in [3.05, 3.63) is 0 Å².